The van der Waals surface area contributed by atoms with E-state index >= 15 is 0 Å². The van der Waals surface area contributed by atoms with Gasteiger partial charge in [-0.3, -0.25) is 0 Å². The minimum absolute atomic E-state index is 0.0877. The Morgan fingerprint density at radius 3 is 1.34 bits per heavy atom. The van der Waals surface area contributed by atoms with Crippen molar-refractivity contribution >= 4 is 11.9 Å². The molecule has 0 amide bonds. The Labute approximate surface area is 170 Å². The van der Waals surface area contributed by atoms with Gasteiger partial charge in [0.1, 0.15) is 0 Å². The molecule has 0 atom stereocenters. The standard InChI is InChI=1S/C25H20O4/c1-28-22(26)20-7-3-18(4-8-20)11-13-24-15-25(16-24,17-24)14-12-19-5-9-21(10-6-19)23(27)29-2/h3-10H,15-17H2,1-2H3. The molecule has 3 saturated carbocycles. The van der Waals surface area contributed by atoms with Gasteiger partial charge >= 0.3 is 11.9 Å². The smallest absolute Gasteiger partial charge is 0.337 e. The van der Waals surface area contributed by atoms with E-state index in [0.717, 1.165) is 30.4 Å². The fourth-order valence-electron chi connectivity index (χ4n) is 4.08. The second-order valence-electron chi connectivity index (χ2n) is 7.73. The predicted molar refractivity (Wildman–Crippen MR) is 108 cm³/mol. The van der Waals surface area contributed by atoms with E-state index in [2.05, 4.69) is 23.7 Å². The first-order valence-electron chi connectivity index (χ1n) is 9.40. The lowest BCUT2D eigenvalue weighted by molar-refractivity contribution is -0.113. The summed E-state index contributed by atoms with van der Waals surface area (Å²) in [6.45, 7) is 0. The lowest BCUT2D eigenvalue weighted by Gasteiger charge is -2.65. The monoisotopic (exact) mass is 384 g/mol. The van der Waals surface area contributed by atoms with Gasteiger partial charge in [0.2, 0.25) is 0 Å². The summed E-state index contributed by atoms with van der Waals surface area (Å²) in [7, 11) is 2.74. The van der Waals surface area contributed by atoms with E-state index in [1.807, 2.05) is 24.3 Å². The van der Waals surface area contributed by atoms with E-state index < -0.39 is 0 Å². The third-order valence-electron chi connectivity index (χ3n) is 5.59. The quantitative estimate of drug-likeness (QED) is 0.583. The number of carbonyl (C=O) groups excluding carboxylic acids is 2. The first-order chi connectivity index (χ1) is 14.0. The number of rotatable bonds is 2. The van der Waals surface area contributed by atoms with Gasteiger partial charge in [-0.2, -0.15) is 0 Å². The van der Waals surface area contributed by atoms with E-state index in [1.54, 1.807) is 24.3 Å². The zero-order valence-corrected chi connectivity index (χ0v) is 16.4. The van der Waals surface area contributed by atoms with Gasteiger partial charge in [0.05, 0.1) is 25.3 Å². The molecular formula is C25H20O4. The van der Waals surface area contributed by atoms with Crippen LogP contribution in [0.25, 0.3) is 0 Å². The van der Waals surface area contributed by atoms with Crippen molar-refractivity contribution in [3.8, 4) is 23.7 Å². The van der Waals surface area contributed by atoms with Gasteiger partial charge in [-0.1, -0.05) is 23.7 Å². The average molecular weight is 384 g/mol. The molecule has 0 N–H and O–H groups in total. The van der Waals surface area contributed by atoms with E-state index in [9.17, 15) is 9.59 Å². The molecule has 144 valence electrons. The molecule has 3 aliphatic rings. The zero-order chi connectivity index (χ0) is 20.5. The topological polar surface area (TPSA) is 52.6 Å². The highest BCUT2D eigenvalue weighted by Crippen LogP contribution is 2.72. The molecule has 2 bridgehead atoms. The first-order valence-corrected chi connectivity index (χ1v) is 9.40. The molecule has 2 aromatic rings. The summed E-state index contributed by atoms with van der Waals surface area (Å²) >= 11 is 0. The third-order valence-corrected chi connectivity index (χ3v) is 5.59. The van der Waals surface area contributed by atoms with E-state index in [4.69, 9.17) is 9.47 Å². The Balaban J connectivity index is 1.36. The van der Waals surface area contributed by atoms with E-state index in [1.165, 1.54) is 14.2 Å². The van der Waals surface area contributed by atoms with Crippen LogP contribution in [0, 0.1) is 34.5 Å². The summed E-state index contributed by atoms with van der Waals surface area (Å²) < 4.78 is 9.40. The Morgan fingerprint density at radius 2 is 1.03 bits per heavy atom. The van der Waals surface area contributed by atoms with E-state index in [0.29, 0.717) is 11.1 Å². The van der Waals surface area contributed by atoms with Crippen molar-refractivity contribution in [3.05, 3.63) is 70.8 Å². The molecule has 5 rings (SSSR count). The van der Waals surface area contributed by atoms with Crippen molar-refractivity contribution in [3.63, 3.8) is 0 Å². The Bertz CT molecular complexity index is 979. The van der Waals surface area contributed by atoms with Crippen molar-refractivity contribution in [1.82, 2.24) is 0 Å². The molecule has 0 saturated heterocycles. The summed E-state index contributed by atoms with van der Waals surface area (Å²) in [6, 6.07) is 14.3. The summed E-state index contributed by atoms with van der Waals surface area (Å²) in [6.07, 6.45) is 3.00. The van der Waals surface area contributed by atoms with Crippen LogP contribution in [0.2, 0.25) is 0 Å². The number of methoxy groups -OCH3 is 2. The van der Waals surface area contributed by atoms with Gasteiger partial charge in [-0.05, 0) is 67.8 Å². The van der Waals surface area contributed by atoms with Crippen LogP contribution in [0.5, 0.6) is 0 Å². The number of ether oxygens (including phenoxy) is 2. The molecule has 2 aromatic carbocycles. The number of hydrogen-bond acceptors (Lipinski definition) is 4. The SMILES string of the molecule is COC(=O)c1ccc(C#CC23CC(C#Cc4ccc(C(=O)OC)cc4)(C2)C3)cc1. The lowest BCUT2D eigenvalue weighted by atomic mass is 9.36. The van der Waals surface area contributed by atoms with Gasteiger partial charge in [0.15, 0.2) is 0 Å². The van der Waals surface area contributed by atoms with Crippen molar-refractivity contribution in [2.75, 3.05) is 14.2 Å². The van der Waals surface area contributed by atoms with Crippen molar-refractivity contribution in [2.45, 2.75) is 19.3 Å². The summed E-state index contributed by atoms with van der Waals surface area (Å²) in [5.74, 6) is 12.6. The van der Waals surface area contributed by atoms with Crippen LogP contribution in [-0.2, 0) is 9.47 Å². The molecule has 3 aliphatic carbocycles. The second kappa shape index (κ2) is 7.15. The number of esters is 2. The van der Waals surface area contributed by atoms with Crippen LogP contribution in [-0.4, -0.2) is 26.2 Å². The minimum atomic E-state index is -0.343. The maximum atomic E-state index is 11.5. The van der Waals surface area contributed by atoms with Gasteiger partial charge in [0.25, 0.3) is 0 Å². The maximum Gasteiger partial charge on any atom is 0.337 e. The molecular weight excluding hydrogens is 364 g/mol. The van der Waals surface area contributed by atoms with Gasteiger partial charge < -0.3 is 9.47 Å². The van der Waals surface area contributed by atoms with Gasteiger partial charge in [-0.15, -0.1) is 0 Å². The number of hydrogen-bond donors (Lipinski definition) is 0. The molecule has 0 spiro atoms. The molecule has 0 radical (unpaired) electrons. The molecule has 0 heterocycles. The molecule has 3 fully saturated rings. The molecule has 0 aromatic heterocycles. The largest absolute Gasteiger partial charge is 0.465 e. The van der Waals surface area contributed by atoms with Crippen LogP contribution in [0.15, 0.2) is 48.5 Å². The Hall–Kier alpha value is -3.50. The molecule has 0 aliphatic heterocycles. The fourth-order valence-corrected chi connectivity index (χ4v) is 4.08. The molecule has 29 heavy (non-hydrogen) atoms. The highest BCUT2D eigenvalue weighted by molar-refractivity contribution is 5.89. The van der Waals surface area contributed by atoms with Gasteiger partial charge in [0, 0.05) is 22.0 Å². The van der Waals surface area contributed by atoms with Crippen LogP contribution < -0.4 is 0 Å². The third kappa shape index (κ3) is 3.62. The maximum absolute atomic E-state index is 11.5. The van der Waals surface area contributed by atoms with Crippen molar-refractivity contribution < 1.29 is 19.1 Å². The lowest BCUT2D eigenvalue weighted by Crippen LogP contribution is -2.60. The summed E-state index contributed by atoms with van der Waals surface area (Å²) in [5.41, 5.74) is 3.02. The molecule has 4 nitrogen and oxygen atoms in total. The van der Waals surface area contributed by atoms with E-state index in [-0.39, 0.29) is 22.8 Å². The second-order valence-corrected chi connectivity index (χ2v) is 7.73. The summed E-state index contributed by atoms with van der Waals surface area (Å²) in [4.78, 5) is 22.9. The fraction of sp³-hybridized carbons (Fsp3) is 0.280. The van der Waals surface area contributed by atoms with Gasteiger partial charge in [-0.25, -0.2) is 9.59 Å². The van der Waals surface area contributed by atoms with Crippen LogP contribution in [0.3, 0.4) is 0 Å². The molecule has 4 heteroatoms. The van der Waals surface area contributed by atoms with Crippen LogP contribution in [0.4, 0.5) is 0 Å². The predicted octanol–water partition coefficient (Wildman–Crippen LogP) is 3.83. The highest BCUT2D eigenvalue weighted by Gasteiger charge is 2.66. The minimum Gasteiger partial charge on any atom is -0.465 e. The average Bonchev–Trinajstić information content (AvgIpc) is 2.71. The highest BCUT2D eigenvalue weighted by atomic mass is 16.5. The molecule has 0 unspecified atom stereocenters. The number of carbonyl (C=O) groups is 2. The number of benzene rings is 2. The van der Waals surface area contributed by atoms with Crippen LogP contribution in [0.1, 0.15) is 51.1 Å². The van der Waals surface area contributed by atoms with Crippen LogP contribution >= 0.6 is 0 Å². The van der Waals surface area contributed by atoms with Crippen molar-refractivity contribution in [1.29, 1.82) is 0 Å². The Morgan fingerprint density at radius 1 is 0.690 bits per heavy atom. The zero-order valence-electron chi connectivity index (χ0n) is 16.4. The Kier molecular flexibility index (Phi) is 4.65. The first kappa shape index (κ1) is 18.8. The van der Waals surface area contributed by atoms with Crippen molar-refractivity contribution in [2.24, 2.45) is 10.8 Å². The summed E-state index contributed by atoms with van der Waals surface area (Å²) in [5, 5.41) is 0. The normalized spacial score (nSPS) is 23.1.